The van der Waals surface area contributed by atoms with Crippen molar-refractivity contribution < 1.29 is 19.4 Å². The number of aliphatic hydroxyl groups is 1. The molecule has 1 amide bonds. The summed E-state index contributed by atoms with van der Waals surface area (Å²) in [6.07, 6.45) is 4.00. The van der Waals surface area contributed by atoms with Crippen molar-refractivity contribution in [2.75, 3.05) is 39.4 Å². The molecule has 7 nitrogen and oxygen atoms in total. The predicted molar refractivity (Wildman–Crippen MR) is 116 cm³/mol. The first-order chi connectivity index (χ1) is 15.1. The lowest BCUT2D eigenvalue weighted by Gasteiger charge is -2.29. The van der Waals surface area contributed by atoms with Gasteiger partial charge in [-0.15, -0.1) is 0 Å². The molecule has 7 heteroatoms. The number of aryl methyl sites for hydroxylation is 1. The molecule has 0 bridgehead atoms. The molecule has 0 unspecified atom stereocenters. The molecule has 1 aromatic heterocycles. The minimum atomic E-state index is -0.647. The highest BCUT2D eigenvalue weighted by molar-refractivity contribution is 6.46. The summed E-state index contributed by atoms with van der Waals surface area (Å²) in [6, 6.07) is 10.2. The molecule has 2 aliphatic heterocycles. The lowest BCUT2D eigenvalue weighted by atomic mass is 9.95. The van der Waals surface area contributed by atoms with Gasteiger partial charge in [-0.25, -0.2) is 0 Å². The van der Waals surface area contributed by atoms with Crippen LogP contribution in [0.1, 0.15) is 29.2 Å². The Balaban J connectivity index is 1.64. The van der Waals surface area contributed by atoms with Crippen LogP contribution in [0.15, 0.2) is 54.4 Å². The van der Waals surface area contributed by atoms with Crippen molar-refractivity contribution in [2.24, 2.45) is 0 Å². The van der Waals surface area contributed by atoms with Crippen molar-refractivity contribution >= 4 is 17.4 Å². The molecule has 2 saturated heterocycles. The Kier molecular flexibility index (Phi) is 6.44. The van der Waals surface area contributed by atoms with Gasteiger partial charge in [-0.1, -0.05) is 29.8 Å². The first kappa shape index (κ1) is 21.2. The number of hydrogen-bond donors (Lipinski definition) is 1. The summed E-state index contributed by atoms with van der Waals surface area (Å²) in [6.45, 7) is 6.40. The molecule has 31 heavy (non-hydrogen) atoms. The number of benzene rings is 1. The number of morpholine rings is 1. The van der Waals surface area contributed by atoms with Gasteiger partial charge in [-0.3, -0.25) is 19.5 Å². The van der Waals surface area contributed by atoms with Crippen molar-refractivity contribution in [1.82, 2.24) is 14.8 Å². The van der Waals surface area contributed by atoms with Gasteiger partial charge in [0.25, 0.3) is 11.7 Å². The largest absolute Gasteiger partial charge is 0.507 e. The number of aromatic nitrogens is 1. The third kappa shape index (κ3) is 4.52. The summed E-state index contributed by atoms with van der Waals surface area (Å²) in [4.78, 5) is 33.9. The number of ether oxygens (including phenoxy) is 1. The second-order valence-corrected chi connectivity index (χ2v) is 7.95. The average molecular weight is 421 g/mol. The van der Waals surface area contributed by atoms with Gasteiger partial charge in [0.2, 0.25) is 0 Å². The highest BCUT2D eigenvalue weighted by atomic mass is 16.5. The Labute approximate surface area is 182 Å². The summed E-state index contributed by atoms with van der Waals surface area (Å²) in [5.74, 6) is -1.36. The number of nitrogens with zero attached hydrogens (tertiary/aromatic N) is 3. The molecule has 2 fully saturated rings. The Morgan fingerprint density at radius 3 is 2.42 bits per heavy atom. The van der Waals surface area contributed by atoms with Crippen molar-refractivity contribution in [1.29, 1.82) is 0 Å². The van der Waals surface area contributed by atoms with Crippen molar-refractivity contribution in [3.8, 4) is 0 Å². The Morgan fingerprint density at radius 2 is 1.74 bits per heavy atom. The fourth-order valence-electron chi connectivity index (χ4n) is 4.16. The van der Waals surface area contributed by atoms with Gasteiger partial charge in [0.1, 0.15) is 5.76 Å². The van der Waals surface area contributed by atoms with E-state index in [2.05, 4.69) is 9.88 Å². The molecule has 1 atom stereocenters. The van der Waals surface area contributed by atoms with Gasteiger partial charge in [-0.05, 0) is 31.0 Å². The molecule has 2 aliphatic rings. The minimum Gasteiger partial charge on any atom is -0.507 e. The molecular weight excluding hydrogens is 394 g/mol. The van der Waals surface area contributed by atoms with E-state index in [9.17, 15) is 14.7 Å². The molecule has 2 aromatic rings. The molecule has 0 aliphatic carbocycles. The number of carbonyl (C=O) groups is 2. The van der Waals surface area contributed by atoms with Crippen LogP contribution in [0.5, 0.6) is 0 Å². The maximum absolute atomic E-state index is 13.0. The monoisotopic (exact) mass is 421 g/mol. The molecule has 4 rings (SSSR count). The zero-order chi connectivity index (χ0) is 21.8. The van der Waals surface area contributed by atoms with Gasteiger partial charge in [0.05, 0.1) is 24.8 Å². The molecular formula is C24H27N3O4. The highest BCUT2D eigenvalue weighted by Crippen LogP contribution is 2.39. The van der Waals surface area contributed by atoms with E-state index in [0.29, 0.717) is 12.1 Å². The fraction of sp³-hybridized carbons (Fsp3) is 0.375. The second kappa shape index (κ2) is 9.41. The lowest BCUT2D eigenvalue weighted by molar-refractivity contribution is -0.140. The topological polar surface area (TPSA) is 83.0 Å². The predicted octanol–water partition coefficient (Wildman–Crippen LogP) is 2.53. The van der Waals surface area contributed by atoms with Crippen LogP contribution in [0.4, 0.5) is 0 Å². The van der Waals surface area contributed by atoms with Gasteiger partial charge in [0, 0.05) is 44.1 Å². The van der Waals surface area contributed by atoms with Crippen LogP contribution in [0.25, 0.3) is 5.76 Å². The number of rotatable bonds is 6. The first-order valence-electron chi connectivity index (χ1n) is 10.6. The first-order valence-corrected chi connectivity index (χ1v) is 10.6. The normalized spacial score (nSPS) is 21.6. The average Bonchev–Trinajstić information content (AvgIpc) is 3.05. The maximum atomic E-state index is 13.0. The van der Waals surface area contributed by atoms with Crippen LogP contribution >= 0.6 is 0 Å². The van der Waals surface area contributed by atoms with E-state index in [1.807, 2.05) is 19.1 Å². The quantitative estimate of drug-likeness (QED) is 0.439. The third-order valence-corrected chi connectivity index (χ3v) is 5.86. The Morgan fingerprint density at radius 1 is 1.06 bits per heavy atom. The van der Waals surface area contributed by atoms with E-state index in [0.717, 1.165) is 50.4 Å². The minimum absolute atomic E-state index is 0.131. The van der Waals surface area contributed by atoms with E-state index in [4.69, 9.17) is 4.74 Å². The number of hydrogen-bond acceptors (Lipinski definition) is 6. The van der Waals surface area contributed by atoms with Crippen LogP contribution in [0.2, 0.25) is 0 Å². The zero-order valence-electron chi connectivity index (χ0n) is 17.7. The molecule has 1 N–H and O–H groups in total. The standard InChI is InChI=1S/C24H27N3O4/c1-17-3-5-19(6-4-17)22(28)20-21(18-7-9-25-10-8-18)27(24(30)23(20)29)12-2-11-26-13-15-31-16-14-26/h3-10,21,28H,2,11-16H2,1H3/t21-/m1/s1. The van der Waals surface area contributed by atoms with E-state index in [1.165, 1.54) is 0 Å². The van der Waals surface area contributed by atoms with Gasteiger partial charge < -0.3 is 14.7 Å². The highest BCUT2D eigenvalue weighted by Gasteiger charge is 2.45. The Bertz CT molecular complexity index is 966. The summed E-state index contributed by atoms with van der Waals surface area (Å²) < 4.78 is 5.38. The number of aliphatic hydroxyl groups excluding tert-OH is 1. The number of carbonyl (C=O) groups excluding carboxylic acids is 2. The number of Topliss-reactive ketones (excluding diaryl/α,β-unsaturated/α-hetero) is 1. The fourth-order valence-corrected chi connectivity index (χ4v) is 4.16. The molecule has 162 valence electrons. The number of amides is 1. The van der Waals surface area contributed by atoms with Crippen molar-refractivity contribution in [3.05, 3.63) is 71.1 Å². The Hall–Kier alpha value is -3.03. The third-order valence-electron chi connectivity index (χ3n) is 5.86. The molecule has 3 heterocycles. The number of ketones is 1. The summed E-state index contributed by atoms with van der Waals surface area (Å²) >= 11 is 0. The van der Waals surface area contributed by atoms with Gasteiger partial charge in [-0.2, -0.15) is 0 Å². The van der Waals surface area contributed by atoms with E-state index < -0.39 is 17.7 Å². The zero-order valence-corrected chi connectivity index (χ0v) is 17.7. The lowest BCUT2D eigenvalue weighted by Crippen LogP contribution is -2.38. The van der Waals surface area contributed by atoms with Crippen LogP contribution in [0.3, 0.4) is 0 Å². The van der Waals surface area contributed by atoms with E-state index >= 15 is 0 Å². The van der Waals surface area contributed by atoms with Crippen molar-refractivity contribution in [2.45, 2.75) is 19.4 Å². The number of likely N-dealkylation sites (tertiary alicyclic amines) is 1. The maximum Gasteiger partial charge on any atom is 0.295 e. The second-order valence-electron chi connectivity index (χ2n) is 7.95. The van der Waals surface area contributed by atoms with Crippen LogP contribution in [0, 0.1) is 6.92 Å². The van der Waals surface area contributed by atoms with Gasteiger partial charge >= 0.3 is 0 Å². The summed E-state index contributed by atoms with van der Waals surface area (Å²) in [5.41, 5.74) is 2.46. The summed E-state index contributed by atoms with van der Waals surface area (Å²) in [7, 11) is 0. The van der Waals surface area contributed by atoms with Crippen LogP contribution < -0.4 is 0 Å². The summed E-state index contributed by atoms with van der Waals surface area (Å²) in [5, 5.41) is 11.0. The smallest absolute Gasteiger partial charge is 0.295 e. The van der Waals surface area contributed by atoms with E-state index in [-0.39, 0.29) is 11.3 Å². The molecule has 0 spiro atoms. The van der Waals surface area contributed by atoms with Crippen molar-refractivity contribution in [3.63, 3.8) is 0 Å². The van der Waals surface area contributed by atoms with Crippen LogP contribution in [-0.4, -0.2) is 71.0 Å². The van der Waals surface area contributed by atoms with Gasteiger partial charge in [0.15, 0.2) is 0 Å². The molecule has 0 radical (unpaired) electrons. The molecule has 1 aromatic carbocycles. The van der Waals surface area contributed by atoms with Crippen LogP contribution in [-0.2, 0) is 14.3 Å². The SMILES string of the molecule is Cc1ccc(C(O)=C2C(=O)C(=O)N(CCCN3CCOCC3)[C@@H]2c2ccncc2)cc1. The van der Waals surface area contributed by atoms with E-state index in [1.54, 1.807) is 41.6 Å². The number of pyridine rings is 1. The molecule has 0 saturated carbocycles.